The number of nitrogens with one attached hydrogen (secondary N) is 1. The van der Waals surface area contributed by atoms with E-state index < -0.39 is 5.60 Å². The number of hydrogen-bond acceptors (Lipinski definition) is 2. The van der Waals surface area contributed by atoms with Gasteiger partial charge < -0.3 is 10.4 Å². The third kappa shape index (κ3) is 4.49. The number of aliphatic hydroxyl groups is 1. The lowest BCUT2D eigenvalue weighted by atomic mass is 9.98. The minimum Gasteiger partial charge on any atom is -0.389 e. The minimum absolute atomic E-state index is 0.277. The molecule has 0 saturated carbocycles. The molecule has 1 aromatic rings. The van der Waals surface area contributed by atoms with Crippen molar-refractivity contribution in [1.29, 1.82) is 0 Å². The van der Waals surface area contributed by atoms with E-state index >= 15 is 0 Å². The fourth-order valence-corrected chi connectivity index (χ4v) is 2.18. The zero-order valence-corrected chi connectivity index (χ0v) is 11.5. The highest BCUT2D eigenvalue weighted by Gasteiger charge is 2.20. The Labute approximate surface area is 105 Å². The second kappa shape index (κ2) is 6.18. The molecule has 2 unspecified atom stereocenters. The van der Waals surface area contributed by atoms with Crippen molar-refractivity contribution in [2.24, 2.45) is 0 Å². The number of aryl methyl sites for hydroxylation is 1. The van der Waals surface area contributed by atoms with E-state index in [2.05, 4.69) is 50.4 Å². The predicted molar refractivity (Wildman–Crippen MR) is 73.1 cm³/mol. The van der Waals surface area contributed by atoms with Crippen LogP contribution in [-0.2, 0) is 0 Å². The topological polar surface area (TPSA) is 32.3 Å². The van der Waals surface area contributed by atoms with Gasteiger partial charge in [0.25, 0.3) is 0 Å². The fraction of sp³-hybridized carbons (Fsp3) is 0.600. The molecule has 0 aliphatic heterocycles. The molecule has 96 valence electrons. The highest BCUT2D eigenvalue weighted by atomic mass is 16.3. The molecule has 1 aromatic carbocycles. The number of benzene rings is 1. The van der Waals surface area contributed by atoms with Crippen molar-refractivity contribution in [2.75, 3.05) is 6.54 Å². The molecule has 0 aromatic heterocycles. The van der Waals surface area contributed by atoms with Gasteiger partial charge in [0.1, 0.15) is 0 Å². The molecule has 2 atom stereocenters. The average Bonchev–Trinajstić information content (AvgIpc) is 2.27. The minimum atomic E-state index is -0.605. The van der Waals surface area contributed by atoms with E-state index in [1.54, 1.807) is 0 Å². The summed E-state index contributed by atoms with van der Waals surface area (Å²) in [5, 5.41) is 13.5. The maximum absolute atomic E-state index is 10.1. The predicted octanol–water partition coefficient (Wildman–Crippen LogP) is 3.20. The second-order valence-electron chi connectivity index (χ2n) is 5.21. The van der Waals surface area contributed by atoms with E-state index in [9.17, 15) is 5.11 Å². The number of hydrogen-bond donors (Lipinski definition) is 2. The summed E-state index contributed by atoms with van der Waals surface area (Å²) in [6.07, 6.45) is 1.84. The quantitative estimate of drug-likeness (QED) is 0.793. The van der Waals surface area contributed by atoms with Crippen molar-refractivity contribution in [1.82, 2.24) is 5.32 Å². The lowest BCUT2D eigenvalue weighted by Crippen LogP contribution is -2.38. The van der Waals surface area contributed by atoms with Gasteiger partial charge in [0.15, 0.2) is 0 Å². The molecule has 2 nitrogen and oxygen atoms in total. The highest BCUT2D eigenvalue weighted by molar-refractivity contribution is 5.28. The van der Waals surface area contributed by atoms with Crippen LogP contribution in [-0.4, -0.2) is 17.3 Å². The normalized spacial score (nSPS) is 16.5. The second-order valence-corrected chi connectivity index (χ2v) is 5.21. The van der Waals surface area contributed by atoms with E-state index in [0.717, 1.165) is 12.8 Å². The number of rotatable bonds is 6. The molecule has 2 heteroatoms. The molecule has 0 saturated heterocycles. The SMILES string of the molecule is CCCC(C)(O)CNC(C)c1ccccc1C. The summed E-state index contributed by atoms with van der Waals surface area (Å²) in [5.41, 5.74) is 1.99. The Morgan fingerprint density at radius 3 is 2.59 bits per heavy atom. The van der Waals surface area contributed by atoms with Crippen molar-refractivity contribution in [3.8, 4) is 0 Å². The Balaban J connectivity index is 2.56. The molecule has 0 radical (unpaired) electrons. The molecule has 0 fully saturated rings. The van der Waals surface area contributed by atoms with Crippen molar-refractivity contribution in [2.45, 2.75) is 52.2 Å². The maximum Gasteiger partial charge on any atom is 0.0743 e. The highest BCUT2D eigenvalue weighted by Crippen LogP contribution is 2.18. The van der Waals surface area contributed by atoms with E-state index in [4.69, 9.17) is 0 Å². The standard InChI is InChI=1S/C15H25NO/c1-5-10-15(4,17)11-16-13(3)14-9-7-6-8-12(14)2/h6-9,13,16-17H,5,10-11H2,1-4H3. The summed E-state index contributed by atoms with van der Waals surface area (Å²) in [5.74, 6) is 0. The summed E-state index contributed by atoms with van der Waals surface area (Å²) in [6.45, 7) is 8.89. The van der Waals surface area contributed by atoms with Gasteiger partial charge in [0.2, 0.25) is 0 Å². The van der Waals surface area contributed by atoms with Crippen molar-refractivity contribution < 1.29 is 5.11 Å². The van der Waals surface area contributed by atoms with Crippen LogP contribution in [0.25, 0.3) is 0 Å². The Kier molecular flexibility index (Phi) is 5.16. The van der Waals surface area contributed by atoms with Crippen LogP contribution in [0.2, 0.25) is 0 Å². The molecule has 0 heterocycles. The van der Waals surface area contributed by atoms with Gasteiger partial charge in [-0.2, -0.15) is 0 Å². The maximum atomic E-state index is 10.1. The molecule has 1 rings (SSSR count). The molecule has 2 N–H and O–H groups in total. The molecule has 0 aliphatic carbocycles. The molecule has 0 amide bonds. The van der Waals surface area contributed by atoms with Crippen LogP contribution in [0.5, 0.6) is 0 Å². The smallest absolute Gasteiger partial charge is 0.0743 e. The summed E-state index contributed by atoms with van der Waals surface area (Å²) in [4.78, 5) is 0. The first-order valence-corrected chi connectivity index (χ1v) is 6.47. The van der Waals surface area contributed by atoms with Gasteiger partial charge >= 0.3 is 0 Å². The van der Waals surface area contributed by atoms with Gasteiger partial charge in [0, 0.05) is 12.6 Å². The van der Waals surface area contributed by atoms with Gasteiger partial charge in [-0.05, 0) is 38.3 Å². The third-order valence-corrected chi connectivity index (χ3v) is 3.23. The Morgan fingerprint density at radius 2 is 2.00 bits per heavy atom. The van der Waals surface area contributed by atoms with E-state index in [1.807, 2.05) is 6.92 Å². The Morgan fingerprint density at radius 1 is 1.35 bits per heavy atom. The zero-order chi connectivity index (χ0) is 12.9. The van der Waals surface area contributed by atoms with Gasteiger partial charge in [0.05, 0.1) is 5.60 Å². The first kappa shape index (κ1) is 14.2. The van der Waals surface area contributed by atoms with Crippen molar-refractivity contribution >= 4 is 0 Å². The Bertz CT molecular complexity index is 347. The first-order valence-electron chi connectivity index (χ1n) is 6.47. The van der Waals surface area contributed by atoms with Gasteiger partial charge in [-0.15, -0.1) is 0 Å². The third-order valence-electron chi connectivity index (χ3n) is 3.23. The van der Waals surface area contributed by atoms with Crippen LogP contribution in [0.4, 0.5) is 0 Å². The molecular formula is C15H25NO. The summed E-state index contributed by atoms with van der Waals surface area (Å²) < 4.78 is 0. The summed E-state index contributed by atoms with van der Waals surface area (Å²) in [7, 11) is 0. The van der Waals surface area contributed by atoms with E-state index in [1.165, 1.54) is 11.1 Å². The van der Waals surface area contributed by atoms with Crippen molar-refractivity contribution in [3.05, 3.63) is 35.4 Å². The lowest BCUT2D eigenvalue weighted by molar-refractivity contribution is 0.0476. The van der Waals surface area contributed by atoms with E-state index in [-0.39, 0.29) is 6.04 Å². The lowest BCUT2D eigenvalue weighted by Gasteiger charge is -2.26. The molecule has 0 spiro atoms. The van der Waals surface area contributed by atoms with Gasteiger partial charge in [-0.3, -0.25) is 0 Å². The Hall–Kier alpha value is -0.860. The molecule has 17 heavy (non-hydrogen) atoms. The van der Waals surface area contributed by atoms with Crippen LogP contribution in [0, 0.1) is 6.92 Å². The molecular weight excluding hydrogens is 210 g/mol. The fourth-order valence-electron chi connectivity index (χ4n) is 2.18. The summed E-state index contributed by atoms with van der Waals surface area (Å²) >= 11 is 0. The zero-order valence-electron chi connectivity index (χ0n) is 11.5. The van der Waals surface area contributed by atoms with Crippen LogP contribution in [0.15, 0.2) is 24.3 Å². The van der Waals surface area contributed by atoms with Crippen LogP contribution in [0.1, 0.15) is 50.8 Å². The van der Waals surface area contributed by atoms with Crippen molar-refractivity contribution in [3.63, 3.8) is 0 Å². The molecule has 0 aliphatic rings. The average molecular weight is 235 g/mol. The van der Waals surface area contributed by atoms with Gasteiger partial charge in [-0.1, -0.05) is 37.6 Å². The van der Waals surface area contributed by atoms with Crippen LogP contribution in [0.3, 0.4) is 0 Å². The van der Waals surface area contributed by atoms with Crippen LogP contribution < -0.4 is 5.32 Å². The monoisotopic (exact) mass is 235 g/mol. The largest absolute Gasteiger partial charge is 0.389 e. The summed E-state index contributed by atoms with van der Waals surface area (Å²) in [6, 6.07) is 8.66. The van der Waals surface area contributed by atoms with Gasteiger partial charge in [-0.25, -0.2) is 0 Å². The van der Waals surface area contributed by atoms with E-state index in [0.29, 0.717) is 6.54 Å². The van der Waals surface area contributed by atoms with Crippen LogP contribution >= 0.6 is 0 Å². The molecule has 0 bridgehead atoms. The first-order chi connectivity index (χ1) is 7.96.